The number of thiophene rings is 1. The Hall–Kier alpha value is -1.88. The van der Waals surface area contributed by atoms with Gasteiger partial charge in [0.05, 0.1) is 11.7 Å². The fraction of sp³-hybridized carbons (Fsp3) is 0.286. The first-order chi connectivity index (χ1) is 9.18. The molecule has 3 rings (SSSR count). The maximum absolute atomic E-state index is 12.5. The highest BCUT2D eigenvalue weighted by molar-refractivity contribution is 7.10. The number of rotatable bonds is 1. The van der Waals surface area contributed by atoms with Crippen LogP contribution in [0.2, 0.25) is 0 Å². The summed E-state index contributed by atoms with van der Waals surface area (Å²) in [5.41, 5.74) is 7.88. The van der Waals surface area contributed by atoms with Crippen LogP contribution in [0.15, 0.2) is 29.8 Å². The van der Waals surface area contributed by atoms with E-state index in [2.05, 4.69) is 23.4 Å². The maximum Gasteiger partial charge on any atom is 0.275 e. The number of hydrogen-bond acceptors (Lipinski definition) is 4. The Labute approximate surface area is 115 Å². The third-order valence-corrected chi connectivity index (χ3v) is 4.58. The predicted octanol–water partition coefficient (Wildman–Crippen LogP) is 2.48. The molecular weight excluding hydrogens is 258 g/mol. The third-order valence-electron chi connectivity index (χ3n) is 3.58. The molecule has 1 atom stereocenters. The van der Waals surface area contributed by atoms with Crippen LogP contribution in [-0.2, 0) is 6.42 Å². The summed E-state index contributed by atoms with van der Waals surface area (Å²) in [6.45, 7) is 2.78. The number of amides is 1. The minimum absolute atomic E-state index is 0.0811. The van der Waals surface area contributed by atoms with Gasteiger partial charge >= 0.3 is 0 Å². The first-order valence-electron chi connectivity index (χ1n) is 6.26. The van der Waals surface area contributed by atoms with Crippen molar-refractivity contribution in [3.63, 3.8) is 0 Å². The van der Waals surface area contributed by atoms with E-state index in [-0.39, 0.29) is 11.9 Å². The second-order valence-electron chi connectivity index (χ2n) is 4.66. The Bertz CT molecular complexity index is 623. The normalized spacial score (nSPS) is 18.2. The number of nitrogen functional groups attached to an aromatic ring is 1. The second-order valence-corrected chi connectivity index (χ2v) is 5.67. The van der Waals surface area contributed by atoms with E-state index >= 15 is 0 Å². The SMILES string of the molecule is CC1c2ccsc2CCN1C(=O)c1ncccc1N. The molecule has 1 aliphatic heterocycles. The van der Waals surface area contributed by atoms with Crippen molar-refractivity contribution in [2.75, 3.05) is 12.3 Å². The van der Waals surface area contributed by atoms with E-state index in [0.717, 1.165) is 13.0 Å². The molecule has 19 heavy (non-hydrogen) atoms. The molecule has 0 saturated heterocycles. The molecule has 1 amide bonds. The minimum atomic E-state index is -0.0811. The van der Waals surface area contributed by atoms with Crippen molar-refractivity contribution in [3.05, 3.63) is 45.9 Å². The van der Waals surface area contributed by atoms with E-state index in [1.165, 1.54) is 10.4 Å². The Morgan fingerprint density at radius 3 is 3.16 bits per heavy atom. The lowest BCUT2D eigenvalue weighted by molar-refractivity contribution is 0.0674. The number of nitrogens with two attached hydrogens (primary N) is 1. The van der Waals surface area contributed by atoms with E-state index in [9.17, 15) is 4.79 Å². The zero-order valence-electron chi connectivity index (χ0n) is 10.7. The highest BCUT2D eigenvalue weighted by Gasteiger charge is 2.30. The first-order valence-corrected chi connectivity index (χ1v) is 7.14. The number of carbonyl (C=O) groups excluding carboxylic acids is 1. The van der Waals surface area contributed by atoms with Crippen LogP contribution in [-0.4, -0.2) is 22.3 Å². The van der Waals surface area contributed by atoms with Crippen LogP contribution in [0.1, 0.15) is 33.9 Å². The summed E-state index contributed by atoms with van der Waals surface area (Å²) in [6.07, 6.45) is 2.52. The highest BCUT2D eigenvalue weighted by Crippen LogP contribution is 2.33. The largest absolute Gasteiger partial charge is 0.397 e. The van der Waals surface area contributed by atoms with Crippen LogP contribution in [0.5, 0.6) is 0 Å². The lowest BCUT2D eigenvalue weighted by Crippen LogP contribution is -2.39. The molecule has 0 aromatic carbocycles. The van der Waals surface area contributed by atoms with E-state index in [1.54, 1.807) is 29.7 Å². The Balaban J connectivity index is 1.92. The van der Waals surface area contributed by atoms with Crippen LogP contribution in [0.25, 0.3) is 0 Å². The Morgan fingerprint density at radius 2 is 2.37 bits per heavy atom. The number of hydrogen-bond donors (Lipinski definition) is 1. The van der Waals surface area contributed by atoms with Crippen molar-refractivity contribution in [1.29, 1.82) is 0 Å². The summed E-state index contributed by atoms with van der Waals surface area (Å²) in [5.74, 6) is -0.0811. The lowest BCUT2D eigenvalue weighted by atomic mass is 10.0. The monoisotopic (exact) mass is 273 g/mol. The average Bonchev–Trinajstić information content (AvgIpc) is 2.88. The minimum Gasteiger partial charge on any atom is -0.397 e. The van der Waals surface area contributed by atoms with E-state index in [1.807, 2.05) is 4.90 Å². The van der Waals surface area contributed by atoms with Crippen molar-refractivity contribution in [2.45, 2.75) is 19.4 Å². The molecule has 2 N–H and O–H groups in total. The van der Waals surface area contributed by atoms with Crippen LogP contribution < -0.4 is 5.73 Å². The zero-order valence-corrected chi connectivity index (χ0v) is 11.5. The fourth-order valence-corrected chi connectivity index (χ4v) is 3.48. The van der Waals surface area contributed by atoms with E-state index in [0.29, 0.717) is 11.4 Å². The van der Waals surface area contributed by atoms with Gasteiger partial charge in [-0.1, -0.05) is 0 Å². The summed E-state index contributed by atoms with van der Waals surface area (Å²) >= 11 is 1.76. The number of aromatic nitrogens is 1. The average molecular weight is 273 g/mol. The molecule has 5 heteroatoms. The number of anilines is 1. The molecule has 2 aromatic rings. The molecule has 0 spiro atoms. The maximum atomic E-state index is 12.5. The standard InChI is InChI=1S/C14H15N3OS/c1-9-10-5-8-19-12(10)4-7-17(9)14(18)13-11(15)3-2-6-16-13/h2-3,5-6,8-9H,4,7,15H2,1H3. The summed E-state index contributed by atoms with van der Waals surface area (Å²) in [7, 11) is 0. The molecule has 3 heterocycles. The van der Waals surface area contributed by atoms with Crippen LogP contribution >= 0.6 is 11.3 Å². The van der Waals surface area contributed by atoms with Gasteiger partial charge in [0, 0.05) is 17.6 Å². The number of pyridine rings is 1. The van der Waals surface area contributed by atoms with E-state index < -0.39 is 0 Å². The van der Waals surface area contributed by atoms with Gasteiger partial charge in [0.2, 0.25) is 0 Å². The van der Waals surface area contributed by atoms with E-state index in [4.69, 9.17) is 5.73 Å². The fourth-order valence-electron chi connectivity index (χ4n) is 2.52. The van der Waals surface area contributed by atoms with Crippen LogP contribution in [0, 0.1) is 0 Å². The molecular formula is C14H15N3OS. The number of carbonyl (C=O) groups is 1. The molecule has 0 aliphatic carbocycles. The zero-order chi connectivity index (χ0) is 13.4. The number of fused-ring (bicyclic) bond motifs is 1. The van der Waals surface area contributed by atoms with Crippen molar-refractivity contribution in [2.24, 2.45) is 0 Å². The molecule has 4 nitrogen and oxygen atoms in total. The molecule has 0 fully saturated rings. The van der Waals surface area contributed by atoms with Crippen LogP contribution in [0.4, 0.5) is 5.69 Å². The van der Waals surface area contributed by atoms with Gasteiger partial charge < -0.3 is 10.6 Å². The van der Waals surface area contributed by atoms with Gasteiger partial charge in [-0.3, -0.25) is 4.79 Å². The molecule has 0 bridgehead atoms. The van der Waals surface area contributed by atoms with Crippen molar-refractivity contribution >= 4 is 22.9 Å². The summed E-state index contributed by atoms with van der Waals surface area (Å²) in [5, 5.41) is 2.09. The molecule has 2 aromatic heterocycles. The molecule has 1 unspecified atom stereocenters. The third kappa shape index (κ3) is 2.00. The lowest BCUT2D eigenvalue weighted by Gasteiger charge is -2.33. The van der Waals surface area contributed by atoms with Gasteiger partial charge in [-0.25, -0.2) is 4.98 Å². The van der Waals surface area contributed by atoms with Gasteiger partial charge in [-0.15, -0.1) is 11.3 Å². The van der Waals surface area contributed by atoms with Crippen molar-refractivity contribution < 1.29 is 4.79 Å². The molecule has 98 valence electrons. The van der Waals surface area contributed by atoms with Gasteiger partial charge in [0.25, 0.3) is 5.91 Å². The van der Waals surface area contributed by atoms with Crippen molar-refractivity contribution in [1.82, 2.24) is 9.88 Å². The van der Waals surface area contributed by atoms with Gasteiger partial charge in [-0.2, -0.15) is 0 Å². The van der Waals surface area contributed by atoms with Gasteiger partial charge in [-0.05, 0) is 42.5 Å². The molecule has 0 radical (unpaired) electrons. The summed E-state index contributed by atoms with van der Waals surface area (Å²) < 4.78 is 0. The van der Waals surface area contributed by atoms with Gasteiger partial charge in [0.15, 0.2) is 5.69 Å². The first kappa shape index (κ1) is 12.2. The predicted molar refractivity (Wildman–Crippen MR) is 76.1 cm³/mol. The highest BCUT2D eigenvalue weighted by atomic mass is 32.1. The quantitative estimate of drug-likeness (QED) is 0.868. The van der Waals surface area contributed by atoms with Gasteiger partial charge in [0.1, 0.15) is 0 Å². The summed E-state index contributed by atoms with van der Waals surface area (Å²) in [4.78, 5) is 19.9. The molecule has 1 aliphatic rings. The summed E-state index contributed by atoms with van der Waals surface area (Å²) in [6, 6.07) is 5.64. The van der Waals surface area contributed by atoms with Crippen LogP contribution in [0.3, 0.4) is 0 Å². The smallest absolute Gasteiger partial charge is 0.275 e. The second kappa shape index (κ2) is 4.66. The topological polar surface area (TPSA) is 59.2 Å². The van der Waals surface area contributed by atoms with Crippen molar-refractivity contribution in [3.8, 4) is 0 Å². The Kier molecular flexibility index (Phi) is 2.98. The Morgan fingerprint density at radius 1 is 1.53 bits per heavy atom. The molecule has 0 saturated carbocycles. The number of nitrogens with zero attached hydrogens (tertiary/aromatic N) is 2.